The van der Waals surface area contributed by atoms with E-state index in [1.54, 1.807) is 18.3 Å². The van der Waals surface area contributed by atoms with E-state index in [0.717, 1.165) is 12.2 Å². The van der Waals surface area contributed by atoms with Gasteiger partial charge >= 0.3 is 0 Å². The Morgan fingerprint density at radius 1 is 1.37 bits per heavy atom. The number of amides is 1. The van der Waals surface area contributed by atoms with Crippen molar-refractivity contribution >= 4 is 22.9 Å². The first-order chi connectivity index (χ1) is 9.13. The van der Waals surface area contributed by atoms with Crippen LogP contribution >= 0.6 is 11.3 Å². The minimum Gasteiger partial charge on any atom is -0.325 e. The first-order valence-corrected chi connectivity index (χ1v) is 8.08. The molecule has 3 nitrogen and oxygen atoms in total. The van der Waals surface area contributed by atoms with Crippen molar-refractivity contribution in [3.05, 3.63) is 16.3 Å². The second-order valence-electron chi connectivity index (χ2n) is 5.07. The van der Waals surface area contributed by atoms with Crippen molar-refractivity contribution in [1.29, 1.82) is 0 Å². The number of hydrogen-bond donors (Lipinski definition) is 2. The van der Waals surface area contributed by atoms with E-state index in [0.29, 0.717) is 6.04 Å². The topological polar surface area (TPSA) is 41.1 Å². The summed E-state index contributed by atoms with van der Waals surface area (Å²) in [5.74, 6) is -0.00716. The van der Waals surface area contributed by atoms with Crippen LogP contribution in [0.15, 0.2) is 11.4 Å². The maximum atomic E-state index is 11.1. The van der Waals surface area contributed by atoms with Crippen LogP contribution < -0.4 is 10.6 Å². The van der Waals surface area contributed by atoms with Crippen molar-refractivity contribution in [2.75, 3.05) is 5.32 Å². The van der Waals surface area contributed by atoms with Gasteiger partial charge in [-0.2, -0.15) is 0 Å². The van der Waals surface area contributed by atoms with Crippen LogP contribution in [0.3, 0.4) is 0 Å². The predicted molar refractivity (Wildman–Crippen MR) is 83.7 cm³/mol. The highest BCUT2D eigenvalue weighted by molar-refractivity contribution is 7.10. The van der Waals surface area contributed by atoms with Crippen LogP contribution in [0.2, 0.25) is 0 Å². The molecule has 1 unspecified atom stereocenters. The van der Waals surface area contributed by atoms with Crippen LogP contribution in [0.5, 0.6) is 0 Å². The highest BCUT2D eigenvalue weighted by Gasteiger charge is 2.07. The van der Waals surface area contributed by atoms with Gasteiger partial charge in [0.25, 0.3) is 0 Å². The van der Waals surface area contributed by atoms with Crippen LogP contribution in [0, 0.1) is 0 Å². The zero-order valence-electron chi connectivity index (χ0n) is 12.3. The molecule has 1 rings (SSSR count). The van der Waals surface area contributed by atoms with E-state index in [-0.39, 0.29) is 5.91 Å². The van der Waals surface area contributed by atoms with E-state index in [1.807, 2.05) is 11.4 Å². The number of rotatable bonds is 9. The maximum Gasteiger partial charge on any atom is 0.221 e. The van der Waals surface area contributed by atoms with Gasteiger partial charge in [0.2, 0.25) is 5.91 Å². The van der Waals surface area contributed by atoms with Gasteiger partial charge in [-0.3, -0.25) is 4.79 Å². The van der Waals surface area contributed by atoms with Crippen molar-refractivity contribution in [2.24, 2.45) is 0 Å². The lowest BCUT2D eigenvalue weighted by atomic mass is 10.1. The summed E-state index contributed by atoms with van der Waals surface area (Å²) in [6.07, 6.45) is 6.48. The third kappa shape index (κ3) is 6.73. The Morgan fingerprint density at radius 2 is 2.16 bits per heavy atom. The third-order valence-corrected chi connectivity index (χ3v) is 4.08. The number of thiophene rings is 1. The molecule has 1 atom stereocenters. The number of anilines is 1. The fourth-order valence-corrected chi connectivity index (χ4v) is 2.81. The molecule has 1 heterocycles. The zero-order chi connectivity index (χ0) is 14.1. The molecule has 0 aliphatic carbocycles. The summed E-state index contributed by atoms with van der Waals surface area (Å²) in [6, 6.07) is 2.50. The van der Waals surface area contributed by atoms with Crippen molar-refractivity contribution < 1.29 is 4.79 Å². The molecule has 0 aliphatic heterocycles. The lowest BCUT2D eigenvalue weighted by Gasteiger charge is -2.13. The fraction of sp³-hybridized carbons (Fsp3) is 0.667. The molecule has 1 aromatic rings. The molecular formula is C15H26N2OS. The highest BCUT2D eigenvalue weighted by Crippen LogP contribution is 2.22. The van der Waals surface area contributed by atoms with Crippen molar-refractivity contribution in [3.63, 3.8) is 0 Å². The van der Waals surface area contributed by atoms with Crippen molar-refractivity contribution in [1.82, 2.24) is 5.32 Å². The average Bonchev–Trinajstić information content (AvgIpc) is 2.78. The fourth-order valence-electron chi connectivity index (χ4n) is 2.02. The lowest BCUT2D eigenvalue weighted by molar-refractivity contribution is -0.114. The van der Waals surface area contributed by atoms with Gasteiger partial charge in [-0.15, -0.1) is 11.3 Å². The van der Waals surface area contributed by atoms with Gasteiger partial charge < -0.3 is 10.6 Å². The summed E-state index contributed by atoms with van der Waals surface area (Å²) in [5, 5.41) is 8.43. The van der Waals surface area contributed by atoms with Gasteiger partial charge in [0, 0.05) is 24.4 Å². The number of hydrogen-bond acceptors (Lipinski definition) is 3. The Labute approximate surface area is 120 Å². The van der Waals surface area contributed by atoms with E-state index < -0.39 is 0 Å². The third-order valence-electron chi connectivity index (χ3n) is 3.16. The van der Waals surface area contributed by atoms with E-state index >= 15 is 0 Å². The monoisotopic (exact) mass is 282 g/mol. The molecule has 0 saturated carbocycles. The van der Waals surface area contributed by atoms with Crippen LogP contribution in [-0.2, 0) is 11.3 Å². The number of carbonyl (C=O) groups is 1. The van der Waals surface area contributed by atoms with Gasteiger partial charge in [-0.05, 0) is 24.8 Å². The number of carbonyl (C=O) groups excluding carboxylic acids is 1. The molecule has 0 fully saturated rings. The molecule has 19 heavy (non-hydrogen) atoms. The van der Waals surface area contributed by atoms with Gasteiger partial charge in [0.15, 0.2) is 0 Å². The van der Waals surface area contributed by atoms with E-state index in [2.05, 4.69) is 24.5 Å². The first-order valence-electron chi connectivity index (χ1n) is 7.20. The molecule has 2 N–H and O–H groups in total. The molecule has 0 spiro atoms. The summed E-state index contributed by atoms with van der Waals surface area (Å²) < 4.78 is 0. The SMILES string of the molecule is CCCCCCC(C)NCc1sccc1NC(C)=O. The normalized spacial score (nSPS) is 12.4. The van der Waals surface area contributed by atoms with Gasteiger partial charge in [-0.25, -0.2) is 0 Å². The second-order valence-corrected chi connectivity index (χ2v) is 6.07. The predicted octanol–water partition coefficient (Wildman–Crippen LogP) is 4.16. The molecule has 0 radical (unpaired) electrons. The summed E-state index contributed by atoms with van der Waals surface area (Å²) in [7, 11) is 0. The van der Waals surface area contributed by atoms with Gasteiger partial charge in [0.05, 0.1) is 5.69 Å². The molecule has 1 aromatic heterocycles. The Balaban J connectivity index is 2.27. The smallest absolute Gasteiger partial charge is 0.221 e. The molecule has 0 aromatic carbocycles. The zero-order valence-corrected chi connectivity index (χ0v) is 13.1. The summed E-state index contributed by atoms with van der Waals surface area (Å²) >= 11 is 1.69. The Hall–Kier alpha value is -0.870. The highest BCUT2D eigenvalue weighted by atomic mass is 32.1. The van der Waals surface area contributed by atoms with Gasteiger partial charge in [-0.1, -0.05) is 32.6 Å². The molecular weight excluding hydrogens is 256 g/mol. The van der Waals surface area contributed by atoms with Crippen molar-refractivity contribution in [2.45, 2.75) is 65.5 Å². The molecule has 108 valence electrons. The molecule has 0 aliphatic rings. The summed E-state index contributed by atoms with van der Waals surface area (Å²) in [4.78, 5) is 12.3. The van der Waals surface area contributed by atoms with E-state index in [4.69, 9.17) is 0 Å². The van der Waals surface area contributed by atoms with Crippen LogP contribution in [0.25, 0.3) is 0 Å². The average molecular weight is 282 g/mol. The number of unbranched alkanes of at least 4 members (excludes halogenated alkanes) is 3. The maximum absolute atomic E-state index is 11.1. The first kappa shape index (κ1) is 16.2. The summed E-state index contributed by atoms with van der Waals surface area (Å²) in [6.45, 7) is 6.85. The largest absolute Gasteiger partial charge is 0.325 e. The van der Waals surface area contributed by atoms with Crippen LogP contribution in [-0.4, -0.2) is 11.9 Å². The van der Waals surface area contributed by atoms with Crippen LogP contribution in [0.1, 0.15) is 57.8 Å². The Morgan fingerprint density at radius 3 is 2.84 bits per heavy atom. The minimum absolute atomic E-state index is 0.00716. The summed E-state index contributed by atoms with van der Waals surface area (Å²) in [5.41, 5.74) is 0.947. The standard InChI is InChI=1S/C15H26N2OS/c1-4-5-6-7-8-12(2)16-11-15-14(9-10-19-15)17-13(3)18/h9-10,12,16H,4-8,11H2,1-3H3,(H,17,18). The molecule has 1 amide bonds. The Kier molecular flexibility index (Phi) is 7.75. The Bertz CT molecular complexity index is 376. The number of nitrogens with one attached hydrogen (secondary N) is 2. The van der Waals surface area contributed by atoms with Gasteiger partial charge in [0.1, 0.15) is 0 Å². The quantitative estimate of drug-likeness (QED) is 0.668. The molecule has 0 saturated heterocycles. The minimum atomic E-state index is -0.00716. The van der Waals surface area contributed by atoms with Crippen molar-refractivity contribution in [3.8, 4) is 0 Å². The molecule has 0 bridgehead atoms. The van der Waals surface area contributed by atoms with E-state index in [9.17, 15) is 4.79 Å². The van der Waals surface area contributed by atoms with Crippen LogP contribution in [0.4, 0.5) is 5.69 Å². The molecule has 4 heteroatoms. The lowest BCUT2D eigenvalue weighted by Crippen LogP contribution is -2.25. The second kappa shape index (κ2) is 9.10. The van der Waals surface area contributed by atoms with E-state index in [1.165, 1.54) is 37.0 Å².